The molecule has 1 amide bonds. The number of nitrogen functional groups attached to an aromatic ring is 1. The molecule has 41 heavy (non-hydrogen) atoms. The fourth-order valence-corrected chi connectivity index (χ4v) is 7.12. The van der Waals surface area contributed by atoms with Crippen LogP contribution in [-0.4, -0.2) is 43.1 Å². The van der Waals surface area contributed by atoms with Gasteiger partial charge in [0.2, 0.25) is 5.91 Å². The van der Waals surface area contributed by atoms with Gasteiger partial charge in [-0.2, -0.15) is 0 Å². The van der Waals surface area contributed by atoms with Crippen molar-refractivity contribution in [1.29, 1.82) is 0 Å². The second-order valence-corrected chi connectivity index (χ2v) is 12.4. The van der Waals surface area contributed by atoms with Crippen molar-refractivity contribution in [2.75, 3.05) is 24.7 Å². The number of halogens is 1. The Labute approximate surface area is 239 Å². The molecule has 0 spiro atoms. The van der Waals surface area contributed by atoms with Gasteiger partial charge in [0.1, 0.15) is 11.9 Å². The summed E-state index contributed by atoms with van der Waals surface area (Å²) in [5, 5.41) is 4.53. The molecule has 0 saturated heterocycles. The maximum atomic E-state index is 14.4. The first-order valence-electron chi connectivity index (χ1n) is 13.6. The van der Waals surface area contributed by atoms with Gasteiger partial charge in [0, 0.05) is 30.9 Å². The van der Waals surface area contributed by atoms with E-state index < -0.39 is 21.7 Å². The highest BCUT2D eigenvalue weighted by Gasteiger charge is 2.34. The van der Waals surface area contributed by atoms with E-state index in [2.05, 4.69) is 10.3 Å². The van der Waals surface area contributed by atoms with Gasteiger partial charge >= 0.3 is 0 Å². The van der Waals surface area contributed by atoms with Gasteiger partial charge < -0.3 is 20.7 Å². The van der Waals surface area contributed by atoms with E-state index in [9.17, 15) is 17.6 Å². The molecule has 3 aromatic carbocycles. The van der Waals surface area contributed by atoms with E-state index in [1.807, 2.05) is 18.2 Å². The Balaban J connectivity index is 1.48. The molecule has 10 heteroatoms. The number of carbonyl (C=O) groups excluding carboxylic acids is 1. The van der Waals surface area contributed by atoms with Crippen molar-refractivity contribution >= 4 is 38.0 Å². The van der Waals surface area contributed by atoms with Gasteiger partial charge in [0.25, 0.3) is 0 Å². The monoisotopic (exact) mass is 576 g/mol. The number of benzene rings is 3. The third-order valence-electron chi connectivity index (χ3n) is 7.50. The molecule has 5 rings (SSSR count). The zero-order chi connectivity index (χ0) is 29.1. The third-order valence-corrected chi connectivity index (χ3v) is 9.86. The molecule has 8 nitrogen and oxygen atoms in total. The highest BCUT2D eigenvalue weighted by atomic mass is 32.2. The number of aromatic nitrogens is 1. The quantitative estimate of drug-likeness (QED) is 0.256. The second-order valence-electron chi connectivity index (χ2n) is 10.2. The number of hydrogen-bond donors (Lipinski definition) is 2. The highest BCUT2D eigenvalue weighted by molar-refractivity contribution is 7.92. The summed E-state index contributed by atoms with van der Waals surface area (Å²) in [4.78, 5) is 19.9. The standard InChI is InChI=1S/C31H33FN4O4S/c1-3-40-27-18-21(11-14-26(27)32)29(35-23-12-13-25-20(17-23)15-16-34-30(25)33)31(37)36(2)19-22-7-4-5-10-28(22)41(38,39)24-8-6-9-24/h4-5,7,10-18,24,29,35H,3,6,8-9,19H2,1-2H3,(H2,33,34). The van der Waals surface area contributed by atoms with Crippen molar-refractivity contribution in [1.82, 2.24) is 9.88 Å². The van der Waals surface area contributed by atoms with E-state index in [0.717, 1.165) is 17.2 Å². The van der Waals surface area contributed by atoms with E-state index in [0.29, 0.717) is 35.5 Å². The summed E-state index contributed by atoms with van der Waals surface area (Å²) in [5.41, 5.74) is 7.70. The number of pyridine rings is 1. The molecule has 1 heterocycles. The number of anilines is 2. The highest BCUT2D eigenvalue weighted by Crippen LogP contribution is 2.34. The van der Waals surface area contributed by atoms with Crippen LogP contribution in [0.15, 0.2) is 77.8 Å². The van der Waals surface area contributed by atoms with E-state index in [4.69, 9.17) is 10.5 Å². The van der Waals surface area contributed by atoms with Crippen LogP contribution in [0.2, 0.25) is 0 Å². The topological polar surface area (TPSA) is 115 Å². The first kappa shape index (κ1) is 28.4. The molecule has 0 radical (unpaired) electrons. The summed E-state index contributed by atoms with van der Waals surface area (Å²) >= 11 is 0. The fraction of sp³-hybridized carbons (Fsp3) is 0.290. The Morgan fingerprint density at radius 1 is 1.15 bits per heavy atom. The molecule has 1 aliphatic rings. The average molecular weight is 577 g/mol. The summed E-state index contributed by atoms with van der Waals surface area (Å²) in [7, 11) is -1.86. The Hall–Kier alpha value is -4.18. The second kappa shape index (κ2) is 11.7. The largest absolute Gasteiger partial charge is 0.491 e. The lowest BCUT2D eigenvalue weighted by molar-refractivity contribution is -0.131. The molecule has 4 aromatic rings. The molecule has 1 aromatic heterocycles. The number of fused-ring (bicyclic) bond motifs is 1. The smallest absolute Gasteiger partial charge is 0.249 e. The number of ether oxygens (including phenoxy) is 1. The lowest BCUT2D eigenvalue weighted by atomic mass is 10.00. The van der Waals surface area contributed by atoms with Crippen LogP contribution in [-0.2, 0) is 21.2 Å². The molecule has 1 unspecified atom stereocenters. The Kier molecular flexibility index (Phi) is 8.12. The predicted octanol–water partition coefficient (Wildman–Crippen LogP) is 5.49. The lowest BCUT2D eigenvalue weighted by Crippen LogP contribution is -2.36. The molecule has 214 valence electrons. The molecule has 1 aliphatic carbocycles. The number of nitrogens with one attached hydrogen (secondary N) is 1. The molecular weight excluding hydrogens is 543 g/mol. The molecule has 1 fully saturated rings. The van der Waals surface area contributed by atoms with Crippen molar-refractivity contribution in [3.63, 3.8) is 0 Å². The normalized spacial score (nSPS) is 14.3. The van der Waals surface area contributed by atoms with Crippen molar-refractivity contribution in [3.8, 4) is 5.75 Å². The van der Waals surface area contributed by atoms with Gasteiger partial charge in [0.15, 0.2) is 21.4 Å². The summed E-state index contributed by atoms with van der Waals surface area (Å²) in [6.07, 6.45) is 3.81. The Morgan fingerprint density at radius 2 is 1.93 bits per heavy atom. The number of likely N-dealkylation sites (N-methyl/N-ethyl adjacent to an activating group) is 1. The summed E-state index contributed by atoms with van der Waals surface area (Å²) < 4.78 is 46.4. The maximum Gasteiger partial charge on any atom is 0.249 e. The number of carbonyl (C=O) groups is 1. The van der Waals surface area contributed by atoms with Gasteiger partial charge in [-0.25, -0.2) is 17.8 Å². The number of hydrogen-bond acceptors (Lipinski definition) is 7. The summed E-state index contributed by atoms with van der Waals surface area (Å²) in [6, 6.07) is 17.5. The molecular formula is C31H33FN4O4S. The van der Waals surface area contributed by atoms with Gasteiger partial charge in [0.05, 0.1) is 16.8 Å². The van der Waals surface area contributed by atoms with E-state index in [1.54, 1.807) is 56.6 Å². The first-order valence-corrected chi connectivity index (χ1v) is 15.1. The van der Waals surface area contributed by atoms with Gasteiger partial charge in [-0.3, -0.25) is 4.79 Å². The van der Waals surface area contributed by atoms with Crippen LogP contribution in [0, 0.1) is 5.82 Å². The SMILES string of the molecule is CCOc1cc(C(Nc2ccc3c(N)nccc3c2)C(=O)N(C)Cc2ccccc2S(=O)(=O)C2CCC2)ccc1F. The number of amides is 1. The van der Waals surface area contributed by atoms with Crippen LogP contribution in [0.1, 0.15) is 43.4 Å². The third kappa shape index (κ3) is 5.83. The molecule has 1 atom stereocenters. The van der Waals surface area contributed by atoms with Crippen LogP contribution in [0.25, 0.3) is 10.8 Å². The van der Waals surface area contributed by atoms with Crippen LogP contribution < -0.4 is 15.8 Å². The van der Waals surface area contributed by atoms with Crippen molar-refractivity contribution in [2.24, 2.45) is 0 Å². The fourth-order valence-electron chi connectivity index (χ4n) is 5.04. The minimum Gasteiger partial charge on any atom is -0.491 e. The molecule has 0 bridgehead atoms. The minimum atomic E-state index is -3.49. The van der Waals surface area contributed by atoms with Crippen LogP contribution >= 0.6 is 0 Å². The summed E-state index contributed by atoms with van der Waals surface area (Å²) in [5.74, 6) is -0.415. The molecule has 3 N–H and O–H groups in total. The number of nitrogens with zero attached hydrogens (tertiary/aromatic N) is 2. The van der Waals surface area contributed by atoms with Crippen molar-refractivity contribution in [3.05, 3.63) is 89.9 Å². The van der Waals surface area contributed by atoms with E-state index in [-0.39, 0.29) is 35.0 Å². The van der Waals surface area contributed by atoms with Crippen LogP contribution in [0.4, 0.5) is 15.9 Å². The van der Waals surface area contributed by atoms with Gasteiger partial charge in [-0.1, -0.05) is 30.7 Å². The number of nitrogens with two attached hydrogens (primary N) is 1. The Morgan fingerprint density at radius 3 is 2.66 bits per heavy atom. The van der Waals surface area contributed by atoms with Crippen molar-refractivity contribution in [2.45, 2.75) is 48.9 Å². The van der Waals surface area contributed by atoms with Crippen LogP contribution in [0.3, 0.4) is 0 Å². The summed E-state index contributed by atoms with van der Waals surface area (Å²) in [6.45, 7) is 2.10. The average Bonchev–Trinajstić information content (AvgIpc) is 2.92. The molecule has 1 saturated carbocycles. The van der Waals surface area contributed by atoms with Crippen LogP contribution in [0.5, 0.6) is 5.75 Å². The molecule has 0 aliphatic heterocycles. The lowest BCUT2D eigenvalue weighted by Gasteiger charge is -2.29. The zero-order valence-electron chi connectivity index (χ0n) is 23.0. The zero-order valence-corrected chi connectivity index (χ0v) is 23.8. The van der Waals surface area contributed by atoms with E-state index >= 15 is 0 Å². The van der Waals surface area contributed by atoms with Crippen molar-refractivity contribution < 1.29 is 22.3 Å². The maximum absolute atomic E-state index is 14.4. The first-order chi connectivity index (χ1) is 19.7. The predicted molar refractivity (Wildman–Crippen MR) is 158 cm³/mol. The Bertz CT molecular complexity index is 1690. The van der Waals surface area contributed by atoms with E-state index in [1.165, 1.54) is 17.0 Å². The number of rotatable bonds is 10. The van der Waals surface area contributed by atoms with Gasteiger partial charge in [-0.15, -0.1) is 0 Å². The van der Waals surface area contributed by atoms with Gasteiger partial charge in [-0.05, 0) is 78.7 Å². The number of sulfone groups is 1. The minimum absolute atomic E-state index is 0.0431.